The summed E-state index contributed by atoms with van der Waals surface area (Å²) in [6.45, 7) is 4.91. The highest BCUT2D eigenvalue weighted by Crippen LogP contribution is 2.20. The van der Waals surface area contributed by atoms with Gasteiger partial charge in [0.2, 0.25) is 0 Å². The van der Waals surface area contributed by atoms with E-state index in [1.807, 2.05) is 13.0 Å². The van der Waals surface area contributed by atoms with Gasteiger partial charge in [0.1, 0.15) is 5.82 Å². The number of esters is 1. The summed E-state index contributed by atoms with van der Waals surface area (Å²) in [4.78, 5) is 26.9. The van der Waals surface area contributed by atoms with Gasteiger partial charge in [-0.2, -0.15) is 0 Å². The van der Waals surface area contributed by atoms with Gasteiger partial charge in [0.25, 0.3) is 0 Å². The van der Waals surface area contributed by atoms with Crippen LogP contribution in [0.15, 0.2) is 18.2 Å². The Balaban J connectivity index is 2.20. The van der Waals surface area contributed by atoms with Crippen LogP contribution in [0.25, 0.3) is 11.0 Å². The molecule has 0 aliphatic heterocycles. The summed E-state index contributed by atoms with van der Waals surface area (Å²) in [6.07, 6.45) is 2.08. The fraction of sp³-hybridized carbons (Fsp3) is 0.471. The number of aryl methyl sites for hydroxylation is 2. The molecule has 2 rings (SSSR count). The van der Waals surface area contributed by atoms with Crippen molar-refractivity contribution in [2.75, 3.05) is 6.61 Å². The molecule has 6 heteroatoms. The number of fused-ring (bicyclic) bond motifs is 1. The van der Waals surface area contributed by atoms with Gasteiger partial charge in [-0.3, -0.25) is 0 Å². The molecule has 0 atom stereocenters. The lowest BCUT2D eigenvalue weighted by molar-refractivity contribution is -0.305. The quantitative estimate of drug-likeness (QED) is 0.546. The first-order chi connectivity index (χ1) is 11.1. The monoisotopic (exact) mass is 317 g/mol. The molecule has 0 fully saturated rings. The van der Waals surface area contributed by atoms with Gasteiger partial charge in [0.15, 0.2) is 0 Å². The number of unbranched alkanes of at least 4 members (excludes halogenated alkanes) is 1. The number of rotatable bonds is 8. The van der Waals surface area contributed by atoms with E-state index in [2.05, 4.69) is 9.55 Å². The first-order valence-electron chi connectivity index (χ1n) is 7.93. The highest BCUT2D eigenvalue weighted by molar-refractivity contribution is 5.93. The lowest BCUT2D eigenvalue weighted by Gasteiger charge is -2.06. The largest absolute Gasteiger partial charge is 0.550 e. The number of ether oxygens (including phenoxy) is 1. The van der Waals surface area contributed by atoms with Crippen molar-refractivity contribution in [2.45, 2.75) is 46.1 Å². The molecule has 0 N–H and O–H groups in total. The van der Waals surface area contributed by atoms with Crippen molar-refractivity contribution in [1.82, 2.24) is 9.55 Å². The number of carboxylic acids is 1. The van der Waals surface area contributed by atoms with E-state index in [1.165, 1.54) is 0 Å². The highest BCUT2D eigenvalue weighted by Gasteiger charge is 2.13. The van der Waals surface area contributed by atoms with Crippen molar-refractivity contribution < 1.29 is 19.4 Å². The van der Waals surface area contributed by atoms with Crippen molar-refractivity contribution in [3.05, 3.63) is 29.6 Å². The Kier molecular flexibility index (Phi) is 5.73. The number of imidazole rings is 1. The first-order valence-corrected chi connectivity index (χ1v) is 7.93. The van der Waals surface area contributed by atoms with Crippen LogP contribution in [0.1, 0.15) is 49.3 Å². The Morgan fingerprint density at radius 2 is 2.04 bits per heavy atom. The molecule has 0 radical (unpaired) electrons. The van der Waals surface area contributed by atoms with E-state index < -0.39 is 5.97 Å². The van der Waals surface area contributed by atoms with Gasteiger partial charge in [-0.1, -0.05) is 0 Å². The second-order valence-electron chi connectivity index (χ2n) is 5.28. The Hall–Kier alpha value is -2.37. The van der Waals surface area contributed by atoms with Gasteiger partial charge >= 0.3 is 5.97 Å². The van der Waals surface area contributed by atoms with Crippen LogP contribution in [0.4, 0.5) is 0 Å². The molecule has 1 aromatic heterocycles. The van der Waals surface area contributed by atoms with Crippen LogP contribution in [0.5, 0.6) is 0 Å². The minimum Gasteiger partial charge on any atom is -0.550 e. The molecular formula is C17H21N2O4-. The molecule has 0 saturated heterocycles. The molecule has 0 aliphatic rings. The molecular weight excluding hydrogens is 296 g/mol. The van der Waals surface area contributed by atoms with E-state index in [0.717, 1.165) is 29.8 Å². The first kappa shape index (κ1) is 17.0. The second kappa shape index (κ2) is 7.76. The van der Waals surface area contributed by atoms with Gasteiger partial charge in [-0.05, 0) is 51.3 Å². The summed E-state index contributed by atoms with van der Waals surface area (Å²) in [5.41, 5.74) is 2.21. The average molecular weight is 317 g/mol. The van der Waals surface area contributed by atoms with Crippen molar-refractivity contribution in [3.63, 3.8) is 0 Å². The highest BCUT2D eigenvalue weighted by atomic mass is 16.5. The van der Waals surface area contributed by atoms with Crippen LogP contribution >= 0.6 is 0 Å². The number of hydrogen-bond donors (Lipinski definition) is 0. The predicted octanol–water partition coefficient (Wildman–Crippen LogP) is 1.70. The number of carbonyl (C=O) groups excluding carboxylic acids is 2. The minimum absolute atomic E-state index is 0.0688. The Labute approximate surface area is 135 Å². The summed E-state index contributed by atoms with van der Waals surface area (Å²) >= 11 is 0. The van der Waals surface area contributed by atoms with Crippen LogP contribution in [0.3, 0.4) is 0 Å². The molecule has 0 saturated carbocycles. The number of carboxylic acid groups (broad SMARTS) is 1. The molecule has 0 spiro atoms. The summed E-state index contributed by atoms with van der Waals surface area (Å²) in [6, 6.07) is 5.36. The Morgan fingerprint density at radius 1 is 1.26 bits per heavy atom. The van der Waals surface area contributed by atoms with Crippen molar-refractivity contribution in [1.29, 1.82) is 0 Å². The van der Waals surface area contributed by atoms with E-state index in [4.69, 9.17) is 4.74 Å². The van der Waals surface area contributed by atoms with Gasteiger partial charge in [0.05, 0.1) is 23.2 Å². The fourth-order valence-corrected chi connectivity index (χ4v) is 2.62. The van der Waals surface area contributed by atoms with Crippen LogP contribution in [-0.2, 0) is 22.5 Å². The van der Waals surface area contributed by atoms with E-state index in [1.54, 1.807) is 19.1 Å². The zero-order chi connectivity index (χ0) is 16.8. The number of aliphatic carboxylic acids is 1. The Morgan fingerprint density at radius 3 is 2.70 bits per heavy atom. The maximum Gasteiger partial charge on any atom is 0.338 e. The van der Waals surface area contributed by atoms with Crippen molar-refractivity contribution in [2.24, 2.45) is 0 Å². The molecule has 0 unspecified atom stereocenters. The van der Waals surface area contributed by atoms with Crippen LogP contribution < -0.4 is 5.11 Å². The molecule has 2 aromatic rings. The van der Waals surface area contributed by atoms with Crippen molar-refractivity contribution in [3.8, 4) is 0 Å². The van der Waals surface area contributed by atoms with E-state index in [0.29, 0.717) is 25.0 Å². The standard InChI is InChI=1S/C17H22N2O4/c1-3-19-14-10-9-12(17(22)23-4-2)11-13(14)18-15(19)7-5-6-8-16(20)21/h9-11H,3-8H2,1-2H3,(H,20,21)/p-1. The van der Waals surface area contributed by atoms with E-state index in [-0.39, 0.29) is 12.4 Å². The second-order valence-corrected chi connectivity index (χ2v) is 5.28. The smallest absolute Gasteiger partial charge is 0.338 e. The number of hydrogen-bond acceptors (Lipinski definition) is 5. The maximum absolute atomic E-state index is 11.8. The molecule has 1 aromatic carbocycles. The number of aromatic nitrogens is 2. The zero-order valence-corrected chi connectivity index (χ0v) is 13.5. The number of carbonyl (C=O) groups is 2. The number of nitrogens with zero attached hydrogens (tertiary/aromatic N) is 2. The third-order valence-electron chi connectivity index (χ3n) is 3.69. The lowest BCUT2D eigenvalue weighted by Crippen LogP contribution is -2.21. The van der Waals surface area contributed by atoms with Crippen LogP contribution in [0, 0.1) is 0 Å². The molecule has 0 amide bonds. The fourth-order valence-electron chi connectivity index (χ4n) is 2.62. The SMILES string of the molecule is CCOC(=O)c1ccc2c(c1)nc(CCCCC(=O)[O-])n2CC. The van der Waals surface area contributed by atoms with Gasteiger partial charge in [-0.25, -0.2) is 9.78 Å². The lowest BCUT2D eigenvalue weighted by atomic mass is 10.2. The molecule has 6 nitrogen and oxygen atoms in total. The molecule has 0 bridgehead atoms. The average Bonchev–Trinajstić information content (AvgIpc) is 2.88. The summed E-state index contributed by atoms with van der Waals surface area (Å²) in [5.74, 6) is -0.467. The summed E-state index contributed by atoms with van der Waals surface area (Å²) < 4.78 is 7.09. The molecule has 0 aliphatic carbocycles. The van der Waals surface area contributed by atoms with Crippen LogP contribution in [-0.4, -0.2) is 28.1 Å². The molecule has 23 heavy (non-hydrogen) atoms. The van der Waals surface area contributed by atoms with Gasteiger partial charge in [0, 0.05) is 18.9 Å². The normalized spacial score (nSPS) is 10.9. The van der Waals surface area contributed by atoms with Crippen LogP contribution in [0.2, 0.25) is 0 Å². The molecule has 124 valence electrons. The predicted molar refractivity (Wildman–Crippen MR) is 83.9 cm³/mol. The number of benzene rings is 1. The maximum atomic E-state index is 11.8. The van der Waals surface area contributed by atoms with Gasteiger partial charge < -0.3 is 19.2 Å². The van der Waals surface area contributed by atoms with E-state index >= 15 is 0 Å². The summed E-state index contributed by atoms with van der Waals surface area (Å²) in [7, 11) is 0. The zero-order valence-electron chi connectivity index (χ0n) is 13.5. The van der Waals surface area contributed by atoms with E-state index in [9.17, 15) is 14.7 Å². The third-order valence-corrected chi connectivity index (χ3v) is 3.69. The topological polar surface area (TPSA) is 84.2 Å². The molecule has 1 heterocycles. The third kappa shape index (κ3) is 4.09. The van der Waals surface area contributed by atoms with Gasteiger partial charge in [-0.15, -0.1) is 0 Å². The Bertz CT molecular complexity index is 706. The van der Waals surface area contributed by atoms with Crippen molar-refractivity contribution >= 4 is 23.0 Å². The summed E-state index contributed by atoms with van der Waals surface area (Å²) in [5, 5.41) is 10.5. The minimum atomic E-state index is -1.02.